The van der Waals surface area contributed by atoms with Gasteiger partial charge in [-0.2, -0.15) is 22.0 Å². The Bertz CT molecular complexity index is 365. The highest BCUT2D eigenvalue weighted by Gasteiger charge is 2.58. The van der Waals surface area contributed by atoms with Crippen molar-refractivity contribution in [3.05, 3.63) is 12.2 Å². The molecule has 0 bridgehead atoms. The van der Waals surface area contributed by atoms with E-state index >= 15 is 0 Å². The highest BCUT2D eigenvalue weighted by Crippen LogP contribution is 2.42. The molecular weight excluding hydrogens is 291 g/mol. The third kappa shape index (κ3) is 3.27. The molecule has 1 heterocycles. The molecule has 2 unspecified atom stereocenters. The minimum Gasteiger partial charge on any atom is -0.265 e. The summed E-state index contributed by atoms with van der Waals surface area (Å²) in [4.78, 5) is 0.217. The quantitative estimate of drug-likeness (QED) is 0.428. The Morgan fingerprint density at radius 2 is 1.75 bits per heavy atom. The van der Waals surface area contributed by atoms with Crippen LogP contribution in [0.15, 0.2) is 12.2 Å². The first kappa shape index (κ1) is 17.3. The molecule has 1 nitrogen and oxygen atoms in total. The van der Waals surface area contributed by atoms with Crippen LogP contribution in [-0.2, 0) is 0 Å². The van der Waals surface area contributed by atoms with Crippen molar-refractivity contribution in [2.45, 2.75) is 50.2 Å². The fourth-order valence-electron chi connectivity index (χ4n) is 2.06. The smallest absolute Gasteiger partial charge is 0.265 e. The van der Waals surface area contributed by atoms with Crippen LogP contribution in [-0.4, -0.2) is 42.1 Å². The Hall–Kier alpha value is -0.790. The van der Waals surface area contributed by atoms with Gasteiger partial charge in [0.25, 0.3) is 0 Å². The molecule has 1 rings (SSSR count). The second-order valence-electron chi connectivity index (χ2n) is 5.13. The Kier molecular flexibility index (Phi) is 4.78. The van der Waals surface area contributed by atoms with Crippen LogP contribution in [0.1, 0.15) is 26.2 Å². The van der Waals surface area contributed by atoms with Crippen molar-refractivity contribution in [2.75, 3.05) is 13.1 Å². The molecule has 118 valence electrons. The summed E-state index contributed by atoms with van der Waals surface area (Å²) in [6.07, 6.45) is -9.20. The Labute approximate surface area is 112 Å². The van der Waals surface area contributed by atoms with Crippen molar-refractivity contribution < 1.29 is 30.7 Å². The number of rotatable bonds is 3. The zero-order valence-electron chi connectivity index (χ0n) is 10.9. The zero-order valence-corrected chi connectivity index (χ0v) is 10.9. The van der Waals surface area contributed by atoms with Gasteiger partial charge in [0.15, 0.2) is 0 Å². The van der Waals surface area contributed by atoms with E-state index in [4.69, 9.17) is 0 Å². The van der Waals surface area contributed by atoms with Crippen LogP contribution in [0.25, 0.3) is 0 Å². The second-order valence-corrected chi connectivity index (χ2v) is 5.13. The maximum atomic E-state index is 13.9. The zero-order chi connectivity index (χ0) is 15.8. The second kappa shape index (κ2) is 5.54. The molecule has 2 atom stereocenters. The third-order valence-corrected chi connectivity index (χ3v) is 3.42. The molecule has 0 aliphatic carbocycles. The van der Waals surface area contributed by atoms with Crippen molar-refractivity contribution in [3.8, 4) is 0 Å². The van der Waals surface area contributed by atoms with Crippen LogP contribution < -0.4 is 0 Å². The fourth-order valence-corrected chi connectivity index (χ4v) is 2.06. The molecule has 8 heteroatoms. The molecule has 0 radical (unpaired) electrons. The van der Waals surface area contributed by atoms with Gasteiger partial charge in [-0.15, -0.1) is 0 Å². The fraction of sp³-hybridized carbons (Fsp3) is 0.833. The lowest BCUT2D eigenvalue weighted by molar-refractivity contribution is -0.243. The summed E-state index contributed by atoms with van der Waals surface area (Å²) in [6, 6.07) is 0. The van der Waals surface area contributed by atoms with Crippen molar-refractivity contribution in [2.24, 2.45) is 0 Å². The van der Waals surface area contributed by atoms with E-state index in [2.05, 4.69) is 6.58 Å². The van der Waals surface area contributed by atoms with E-state index in [0.717, 1.165) is 6.92 Å². The van der Waals surface area contributed by atoms with Crippen molar-refractivity contribution in [3.63, 3.8) is 0 Å². The molecule has 1 aliphatic rings. The van der Waals surface area contributed by atoms with Crippen LogP contribution in [0.5, 0.6) is 0 Å². The van der Waals surface area contributed by atoms with Gasteiger partial charge in [0.1, 0.15) is 0 Å². The Balaban J connectivity index is 2.98. The topological polar surface area (TPSA) is 3.24 Å². The average Bonchev–Trinajstić information content (AvgIpc) is 2.50. The third-order valence-electron chi connectivity index (χ3n) is 3.42. The highest BCUT2D eigenvalue weighted by molar-refractivity contribution is 5.08. The number of halogens is 7. The van der Waals surface area contributed by atoms with E-state index < -0.39 is 42.6 Å². The predicted octanol–water partition coefficient (Wildman–Crippen LogP) is 4.25. The summed E-state index contributed by atoms with van der Waals surface area (Å²) >= 11 is 0. The molecule has 0 spiro atoms. The number of likely N-dealkylation sites (tertiary alicyclic amines) is 1. The first-order valence-corrected chi connectivity index (χ1v) is 6.09. The highest BCUT2D eigenvalue weighted by atomic mass is 19.4. The molecule has 0 N–H and O–H groups in total. The van der Waals surface area contributed by atoms with E-state index in [1.165, 1.54) is 0 Å². The molecule has 20 heavy (non-hydrogen) atoms. The lowest BCUT2D eigenvalue weighted by atomic mass is 9.99. The van der Waals surface area contributed by atoms with Gasteiger partial charge in [-0.1, -0.05) is 6.58 Å². The van der Waals surface area contributed by atoms with E-state index in [1.54, 1.807) is 0 Å². The maximum Gasteiger partial charge on any atom is 0.423 e. The summed E-state index contributed by atoms with van der Waals surface area (Å²) in [5.74, 6) is -4.02. The van der Waals surface area contributed by atoms with E-state index in [9.17, 15) is 30.7 Å². The molecule has 1 aliphatic heterocycles. The summed E-state index contributed by atoms with van der Waals surface area (Å²) in [7, 11) is 0. The monoisotopic (exact) mass is 307 g/mol. The minimum atomic E-state index is -5.21. The van der Waals surface area contributed by atoms with Gasteiger partial charge in [0, 0.05) is 13.1 Å². The number of alkyl halides is 7. The number of hydrogen-bond acceptors (Lipinski definition) is 1. The molecular formula is C12H16F7N. The van der Waals surface area contributed by atoms with Gasteiger partial charge in [-0.3, -0.25) is 4.90 Å². The average molecular weight is 307 g/mol. The lowest BCUT2D eigenvalue weighted by Crippen LogP contribution is -2.54. The molecule has 0 aromatic heterocycles. The minimum absolute atomic E-state index is 0.0223. The van der Waals surface area contributed by atoms with E-state index in [0.29, 0.717) is 0 Å². The Morgan fingerprint density at radius 1 is 1.20 bits per heavy atom. The standard InChI is InChI=1S/C12H16F7N/c1-8(2)11(15,16)9(13)20-6-4-3-5-10(14,7-20)12(17,18)19/h9H,1,3-7H2,2H3. The SMILES string of the molecule is C=C(C)C(F)(F)C(F)N1CCCCC(F)(C(F)(F)F)C1. The van der Waals surface area contributed by atoms with Gasteiger partial charge < -0.3 is 0 Å². The first-order valence-electron chi connectivity index (χ1n) is 6.09. The predicted molar refractivity (Wildman–Crippen MR) is 60.0 cm³/mol. The van der Waals surface area contributed by atoms with Gasteiger partial charge in [0.05, 0.1) is 0 Å². The molecule has 0 aromatic carbocycles. The van der Waals surface area contributed by atoms with Gasteiger partial charge >= 0.3 is 12.1 Å². The van der Waals surface area contributed by atoms with Crippen LogP contribution in [0.2, 0.25) is 0 Å². The van der Waals surface area contributed by atoms with Crippen molar-refractivity contribution >= 4 is 0 Å². The molecule has 0 saturated carbocycles. The molecule has 0 amide bonds. The summed E-state index contributed by atoms with van der Waals surface area (Å²) in [5, 5.41) is 0. The van der Waals surface area contributed by atoms with Crippen molar-refractivity contribution in [1.29, 1.82) is 0 Å². The Morgan fingerprint density at radius 3 is 2.20 bits per heavy atom. The van der Waals surface area contributed by atoms with Crippen LogP contribution in [0.3, 0.4) is 0 Å². The molecule has 1 saturated heterocycles. The van der Waals surface area contributed by atoms with Crippen LogP contribution in [0.4, 0.5) is 30.7 Å². The largest absolute Gasteiger partial charge is 0.423 e. The van der Waals surface area contributed by atoms with Crippen LogP contribution >= 0.6 is 0 Å². The molecule has 1 fully saturated rings. The maximum absolute atomic E-state index is 13.9. The van der Waals surface area contributed by atoms with Gasteiger partial charge in [-0.25, -0.2) is 8.78 Å². The first-order chi connectivity index (χ1) is 8.92. The number of nitrogens with zero attached hydrogens (tertiary/aromatic N) is 1. The normalized spacial score (nSPS) is 28.0. The number of hydrogen-bond donors (Lipinski definition) is 0. The summed E-state index contributed by atoms with van der Waals surface area (Å²) < 4.78 is 92.7. The van der Waals surface area contributed by atoms with Gasteiger partial charge in [0.2, 0.25) is 12.0 Å². The van der Waals surface area contributed by atoms with Crippen LogP contribution in [0, 0.1) is 0 Å². The van der Waals surface area contributed by atoms with Crippen molar-refractivity contribution in [1.82, 2.24) is 4.90 Å². The lowest BCUT2D eigenvalue weighted by Gasteiger charge is -2.35. The summed E-state index contributed by atoms with van der Waals surface area (Å²) in [5.41, 5.74) is -4.48. The van der Waals surface area contributed by atoms with E-state index in [1.807, 2.05) is 0 Å². The van der Waals surface area contributed by atoms with E-state index in [-0.39, 0.29) is 24.3 Å². The molecule has 0 aromatic rings. The summed E-state index contributed by atoms with van der Waals surface area (Å²) in [6.45, 7) is 2.01. The van der Waals surface area contributed by atoms with Gasteiger partial charge in [-0.05, 0) is 31.8 Å².